The lowest BCUT2D eigenvalue weighted by Gasteiger charge is -2.36. The van der Waals surface area contributed by atoms with Crippen molar-refractivity contribution in [2.45, 2.75) is 19.9 Å². The molecule has 0 unspecified atom stereocenters. The molecule has 0 spiro atoms. The van der Waals surface area contributed by atoms with E-state index in [1.54, 1.807) is 17.6 Å². The van der Waals surface area contributed by atoms with Gasteiger partial charge in [-0.3, -0.25) is 10.0 Å². The number of hydrogen-bond acceptors (Lipinski definition) is 7. The molecule has 0 saturated carbocycles. The predicted octanol–water partition coefficient (Wildman–Crippen LogP) is 2.88. The number of nitrogens with one attached hydrogen (secondary N) is 1. The Kier molecular flexibility index (Phi) is 6.09. The maximum Gasteiger partial charge on any atom is 0.274 e. The standard InChI is InChI=1S/C25H27N7O2/c1-2-18-15-27-25(28-16-18)31-13-11-30(12-14-31)22-7-9-26-23-21(22)8-10-32(23)17-19-3-5-20(6-4-19)24(33)29-34/h3-10,15-16,34H,2,11-14,17H2,1H3,(H,29,33). The lowest BCUT2D eigenvalue weighted by Crippen LogP contribution is -2.47. The van der Waals surface area contributed by atoms with E-state index in [0.29, 0.717) is 12.1 Å². The van der Waals surface area contributed by atoms with E-state index in [2.05, 4.69) is 54.6 Å². The Morgan fingerprint density at radius 3 is 2.32 bits per heavy atom. The number of aryl methyl sites for hydroxylation is 1. The van der Waals surface area contributed by atoms with E-state index in [1.165, 1.54) is 5.69 Å². The molecule has 1 aliphatic heterocycles. The highest BCUT2D eigenvalue weighted by Gasteiger charge is 2.21. The van der Waals surface area contributed by atoms with Gasteiger partial charge < -0.3 is 14.4 Å². The summed E-state index contributed by atoms with van der Waals surface area (Å²) >= 11 is 0. The van der Waals surface area contributed by atoms with E-state index in [4.69, 9.17) is 5.21 Å². The van der Waals surface area contributed by atoms with E-state index >= 15 is 0 Å². The fraction of sp³-hybridized carbons (Fsp3) is 0.280. The van der Waals surface area contributed by atoms with Crippen LogP contribution in [0, 0.1) is 0 Å². The summed E-state index contributed by atoms with van der Waals surface area (Å²) in [6, 6.07) is 11.4. The molecular formula is C25H27N7O2. The molecule has 174 valence electrons. The first kappa shape index (κ1) is 21.8. The number of anilines is 2. The molecular weight excluding hydrogens is 430 g/mol. The highest BCUT2D eigenvalue weighted by atomic mass is 16.5. The number of carbonyl (C=O) groups excluding carboxylic acids is 1. The van der Waals surface area contributed by atoms with Gasteiger partial charge in [-0.1, -0.05) is 19.1 Å². The zero-order chi connectivity index (χ0) is 23.5. The Labute approximate surface area is 197 Å². The molecule has 9 heteroatoms. The van der Waals surface area contributed by atoms with E-state index in [0.717, 1.165) is 60.7 Å². The minimum atomic E-state index is -0.520. The van der Waals surface area contributed by atoms with E-state index in [1.807, 2.05) is 30.7 Å². The van der Waals surface area contributed by atoms with Gasteiger partial charge in [-0.15, -0.1) is 0 Å². The number of carbonyl (C=O) groups is 1. The molecule has 3 aromatic heterocycles. The SMILES string of the molecule is CCc1cnc(N2CCN(c3ccnc4c3ccn4Cc3ccc(C(=O)NO)cc3)CC2)nc1. The molecule has 5 rings (SSSR count). The van der Waals surface area contributed by atoms with Crippen molar-refractivity contribution in [2.75, 3.05) is 36.0 Å². The molecule has 0 radical (unpaired) electrons. The van der Waals surface area contributed by atoms with Crippen LogP contribution in [-0.2, 0) is 13.0 Å². The molecule has 1 amide bonds. The number of nitrogens with zero attached hydrogens (tertiary/aromatic N) is 6. The van der Waals surface area contributed by atoms with Gasteiger partial charge in [-0.25, -0.2) is 20.4 Å². The number of benzene rings is 1. The number of amides is 1. The molecule has 0 bridgehead atoms. The zero-order valence-electron chi connectivity index (χ0n) is 19.1. The highest BCUT2D eigenvalue weighted by Crippen LogP contribution is 2.28. The van der Waals surface area contributed by atoms with Crippen molar-refractivity contribution in [2.24, 2.45) is 0 Å². The second-order valence-corrected chi connectivity index (χ2v) is 8.37. The Bertz CT molecular complexity index is 1280. The van der Waals surface area contributed by atoms with Crippen LogP contribution >= 0.6 is 0 Å². The van der Waals surface area contributed by atoms with Crippen molar-refractivity contribution in [1.82, 2.24) is 25.0 Å². The van der Waals surface area contributed by atoms with Crippen molar-refractivity contribution >= 4 is 28.6 Å². The van der Waals surface area contributed by atoms with Crippen LogP contribution in [0.25, 0.3) is 11.0 Å². The van der Waals surface area contributed by atoms with E-state index < -0.39 is 5.91 Å². The monoisotopic (exact) mass is 457 g/mol. The van der Waals surface area contributed by atoms with Gasteiger partial charge in [-0.05, 0) is 41.8 Å². The number of hydrogen-bond donors (Lipinski definition) is 2. The van der Waals surface area contributed by atoms with Gasteiger partial charge in [0.25, 0.3) is 5.91 Å². The molecule has 2 N–H and O–H groups in total. The first-order valence-electron chi connectivity index (χ1n) is 11.4. The molecule has 4 heterocycles. The topological polar surface area (TPSA) is 99.4 Å². The number of aromatic nitrogens is 4. The fourth-order valence-corrected chi connectivity index (χ4v) is 4.34. The highest BCUT2D eigenvalue weighted by molar-refractivity contribution is 5.93. The van der Waals surface area contributed by atoms with Crippen LogP contribution in [0.15, 0.2) is 61.2 Å². The molecule has 4 aromatic rings. The van der Waals surface area contributed by atoms with Gasteiger partial charge in [0, 0.05) is 74.1 Å². The molecule has 1 fully saturated rings. The lowest BCUT2D eigenvalue weighted by atomic mass is 10.1. The summed E-state index contributed by atoms with van der Waals surface area (Å²) in [7, 11) is 0. The maximum absolute atomic E-state index is 11.5. The van der Waals surface area contributed by atoms with Crippen molar-refractivity contribution in [1.29, 1.82) is 0 Å². The summed E-state index contributed by atoms with van der Waals surface area (Å²) in [5.41, 5.74) is 6.37. The molecule has 0 atom stereocenters. The first-order valence-corrected chi connectivity index (χ1v) is 11.4. The summed E-state index contributed by atoms with van der Waals surface area (Å²) in [5, 5.41) is 9.90. The van der Waals surface area contributed by atoms with Gasteiger partial charge in [-0.2, -0.15) is 0 Å². The van der Waals surface area contributed by atoms with Crippen LogP contribution in [0.3, 0.4) is 0 Å². The summed E-state index contributed by atoms with van der Waals surface area (Å²) in [4.78, 5) is 29.9. The fourth-order valence-electron chi connectivity index (χ4n) is 4.34. The zero-order valence-corrected chi connectivity index (χ0v) is 19.1. The third-order valence-electron chi connectivity index (χ3n) is 6.31. The largest absolute Gasteiger partial charge is 0.367 e. The average molecular weight is 458 g/mol. The molecule has 34 heavy (non-hydrogen) atoms. The normalized spacial score (nSPS) is 13.9. The Morgan fingerprint density at radius 2 is 1.65 bits per heavy atom. The molecule has 1 aliphatic rings. The Hall–Kier alpha value is -3.98. The van der Waals surface area contributed by atoms with Crippen molar-refractivity contribution < 1.29 is 10.0 Å². The van der Waals surface area contributed by atoms with Gasteiger partial charge in [0.15, 0.2) is 0 Å². The molecule has 1 saturated heterocycles. The van der Waals surface area contributed by atoms with E-state index in [-0.39, 0.29) is 0 Å². The minimum absolute atomic E-state index is 0.412. The van der Waals surface area contributed by atoms with Gasteiger partial charge >= 0.3 is 0 Å². The summed E-state index contributed by atoms with van der Waals surface area (Å²) in [5.74, 6) is 0.277. The van der Waals surface area contributed by atoms with Crippen LogP contribution in [0.4, 0.5) is 11.6 Å². The van der Waals surface area contributed by atoms with Crippen LogP contribution in [0.5, 0.6) is 0 Å². The number of piperazine rings is 1. The maximum atomic E-state index is 11.5. The number of rotatable bonds is 6. The van der Waals surface area contributed by atoms with Gasteiger partial charge in [0.2, 0.25) is 5.95 Å². The second-order valence-electron chi connectivity index (χ2n) is 8.37. The summed E-state index contributed by atoms with van der Waals surface area (Å²) in [6.07, 6.45) is 8.69. The Morgan fingerprint density at radius 1 is 0.941 bits per heavy atom. The van der Waals surface area contributed by atoms with Crippen molar-refractivity contribution in [3.8, 4) is 0 Å². The summed E-state index contributed by atoms with van der Waals surface area (Å²) in [6.45, 7) is 6.25. The van der Waals surface area contributed by atoms with Crippen LogP contribution in [0.1, 0.15) is 28.4 Å². The van der Waals surface area contributed by atoms with Crippen molar-refractivity contribution in [3.05, 3.63) is 77.9 Å². The van der Waals surface area contributed by atoms with Crippen LogP contribution < -0.4 is 15.3 Å². The molecule has 9 nitrogen and oxygen atoms in total. The predicted molar refractivity (Wildman–Crippen MR) is 130 cm³/mol. The molecule has 1 aromatic carbocycles. The second kappa shape index (κ2) is 9.48. The summed E-state index contributed by atoms with van der Waals surface area (Å²) < 4.78 is 2.11. The third-order valence-corrected chi connectivity index (χ3v) is 6.31. The van der Waals surface area contributed by atoms with E-state index in [9.17, 15) is 4.79 Å². The number of hydroxylamine groups is 1. The minimum Gasteiger partial charge on any atom is -0.367 e. The smallest absolute Gasteiger partial charge is 0.274 e. The number of pyridine rings is 1. The quantitative estimate of drug-likeness (QED) is 0.339. The average Bonchev–Trinajstić information content (AvgIpc) is 3.31. The molecule has 0 aliphatic carbocycles. The van der Waals surface area contributed by atoms with Crippen LogP contribution in [0.2, 0.25) is 0 Å². The van der Waals surface area contributed by atoms with Gasteiger partial charge in [0.1, 0.15) is 5.65 Å². The van der Waals surface area contributed by atoms with Crippen molar-refractivity contribution in [3.63, 3.8) is 0 Å². The van der Waals surface area contributed by atoms with Crippen LogP contribution in [-0.4, -0.2) is 56.8 Å². The Balaban J connectivity index is 1.30. The number of fused-ring (bicyclic) bond motifs is 1. The first-order chi connectivity index (χ1) is 16.7. The lowest BCUT2D eigenvalue weighted by molar-refractivity contribution is 0.0706. The third kappa shape index (κ3) is 4.29. The van der Waals surface area contributed by atoms with Gasteiger partial charge in [0.05, 0.1) is 0 Å².